The molecule has 1 aromatic heterocycles. The van der Waals surface area contributed by atoms with Crippen LogP contribution in [0.1, 0.15) is 24.7 Å². The van der Waals surface area contributed by atoms with Crippen molar-refractivity contribution in [1.82, 2.24) is 14.9 Å². The molecule has 30 heavy (non-hydrogen) atoms. The molecule has 0 bridgehead atoms. The van der Waals surface area contributed by atoms with Crippen LogP contribution in [0, 0.1) is 0 Å². The van der Waals surface area contributed by atoms with Crippen molar-refractivity contribution < 1.29 is 22.8 Å². The van der Waals surface area contributed by atoms with Gasteiger partial charge in [0, 0.05) is 18.8 Å². The lowest BCUT2D eigenvalue weighted by Gasteiger charge is -2.13. The van der Waals surface area contributed by atoms with E-state index in [2.05, 4.69) is 15.6 Å². The molecule has 0 aliphatic rings. The summed E-state index contributed by atoms with van der Waals surface area (Å²) in [6, 6.07) is 13.7. The number of nitrogens with zero attached hydrogens (tertiary/aromatic N) is 2. The molecule has 0 radical (unpaired) electrons. The number of benzene rings is 2. The van der Waals surface area contributed by atoms with Crippen molar-refractivity contribution >= 4 is 28.5 Å². The van der Waals surface area contributed by atoms with Crippen LogP contribution in [0.3, 0.4) is 0 Å². The van der Waals surface area contributed by atoms with Crippen molar-refractivity contribution in [3.05, 3.63) is 59.9 Å². The molecule has 158 valence electrons. The number of amides is 2. The van der Waals surface area contributed by atoms with Gasteiger partial charge in [-0.2, -0.15) is 13.2 Å². The first-order valence-corrected chi connectivity index (χ1v) is 9.34. The van der Waals surface area contributed by atoms with Crippen LogP contribution in [-0.4, -0.2) is 27.4 Å². The molecule has 0 spiro atoms. The van der Waals surface area contributed by atoms with Crippen molar-refractivity contribution in [2.45, 2.75) is 32.0 Å². The lowest BCUT2D eigenvalue weighted by molar-refractivity contribution is -0.146. The highest BCUT2D eigenvalue weighted by molar-refractivity contribution is 6.39. The summed E-state index contributed by atoms with van der Waals surface area (Å²) in [5.74, 6) is -2.74. The van der Waals surface area contributed by atoms with Crippen LogP contribution in [0.5, 0.6) is 0 Å². The predicted molar refractivity (Wildman–Crippen MR) is 107 cm³/mol. The first kappa shape index (κ1) is 21.4. The average Bonchev–Trinajstić information content (AvgIpc) is 3.03. The molecule has 0 saturated heterocycles. The molecule has 3 rings (SSSR count). The number of hydrogen-bond acceptors (Lipinski definition) is 3. The van der Waals surface area contributed by atoms with Crippen LogP contribution in [-0.2, 0) is 29.2 Å². The zero-order valence-electron chi connectivity index (χ0n) is 16.5. The Morgan fingerprint density at radius 3 is 2.47 bits per heavy atom. The largest absolute Gasteiger partial charge is 0.449 e. The minimum absolute atomic E-state index is 0.0688. The molecule has 9 heteroatoms. The van der Waals surface area contributed by atoms with Gasteiger partial charge in [-0.15, -0.1) is 0 Å². The van der Waals surface area contributed by atoms with Crippen molar-refractivity contribution in [1.29, 1.82) is 0 Å². The van der Waals surface area contributed by atoms with Gasteiger partial charge in [0.15, 0.2) is 0 Å². The Bertz CT molecular complexity index is 1060. The van der Waals surface area contributed by atoms with Gasteiger partial charge in [0.2, 0.25) is 5.82 Å². The maximum Gasteiger partial charge on any atom is 0.449 e. The SMILES string of the molecule is CC(CCc1ccccc1)NC(=O)C(=O)Nc1ccc2c(c1)nc(C(F)(F)F)n2C. The Morgan fingerprint density at radius 2 is 1.80 bits per heavy atom. The fraction of sp³-hybridized carbons (Fsp3) is 0.286. The number of fused-ring (bicyclic) bond motifs is 1. The summed E-state index contributed by atoms with van der Waals surface area (Å²) in [4.78, 5) is 27.9. The molecule has 3 aromatic rings. The summed E-state index contributed by atoms with van der Waals surface area (Å²) in [7, 11) is 1.26. The molecule has 0 fully saturated rings. The Morgan fingerprint density at radius 1 is 1.10 bits per heavy atom. The molecule has 1 atom stereocenters. The second-order valence-electron chi connectivity index (χ2n) is 7.05. The maximum absolute atomic E-state index is 13.0. The highest BCUT2D eigenvalue weighted by Gasteiger charge is 2.36. The van der Waals surface area contributed by atoms with E-state index in [1.165, 1.54) is 25.2 Å². The molecule has 2 N–H and O–H groups in total. The number of carbonyl (C=O) groups excluding carboxylic acids is 2. The van der Waals surface area contributed by atoms with Crippen LogP contribution in [0.15, 0.2) is 48.5 Å². The Kier molecular flexibility index (Phi) is 6.09. The van der Waals surface area contributed by atoms with Crippen LogP contribution in [0.25, 0.3) is 11.0 Å². The number of aryl methyl sites for hydroxylation is 2. The smallest absolute Gasteiger partial charge is 0.345 e. The van der Waals surface area contributed by atoms with Crippen LogP contribution < -0.4 is 10.6 Å². The normalized spacial score (nSPS) is 12.6. The minimum Gasteiger partial charge on any atom is -0.345 e. The number of imidazole rings is 1. The fourth-order valence-corrected chi connectivity index (χ4v) is 3.11. The first-order chi connectivity index (χ1) is 14.1. The van der Waals surface area contributed by atoms with Crippen LogP contribution >= 0.6 is 0 Å². The van der Waals surface area contributed by atoms with E-state index < -0.39 is 23.8 Å². The van der Waals surface area contributed by atoms with Gasteiger partial charge in [0.25, 0.3) is 0 Å². The van der Waals surface area contributed by atoms with Crippen LogP contribution in [0.2, 0.25) is 0 Å². The zero-order chi connectivity index (χ0) is 21.9. The zero-order valence-corrected chi connectivity index (χ0v) is 16.5. The number of anilines is 1. The van der Waals surface area contributed by atoms with Crippen molar-refractivity contribution in [3.63, 3.8) is 0 Å². The number of rotatable bonds is 5. The lowest BCUT2D eigenvalue weighted by atomic mass is 10.1. The van der Waals surface area contributed by atoms with Gasteiger partial charge < -0.3 is 15.2 Å². The molecule has 1 heterocycles. The maximum atomic E-state index is 13.0. The fourth-order valence-electron chi connectivity index (χ4n) is 3.11. The van der Waals surface area contributed by atoms with Gasteiger partial charge in [-0.05, 0) is 43.5 Å². The number of carbonyl (C=O) groups is 2. The molecular weight excluding hydrogens is 397 g/mol. The molecule has 2 aromatic carbocycles. The summed E-state index contributed by atoms with van der Waals surface area (Å²) in [5, 5.41) is 5.02. The molecular formula is C21H21F3N4O2. The summed E-state index contributed by atoms with van der Waals surface area (Å²) < 4.78 is 39.9. The average molecular weight is 418 g/mol. The van der Waals surface area contributed by atoms with E-state index in [-0.39, 0.29) is 22.8 Å². The quantitative estimate of drug-likeness (QED) is 0.621. The number of nitrogens with one attached hydrogen (secondary N) is 2. The van der Waals surface area contributed by atoms with Crippen molar-refractivity contribution in [2.24, 2.45) is 7.05 Å². The summed E-state index contributed by atoms with van der Waals surface area (Å²) in [5.41, 5.74) is 1.65. The topological polar surface area (TPSA) is 76.0 Å². The van der Waals surface area contributed by atoms with Gasteiger partial charge in [0.05, 0.1) is 11.0 Å². The Labute approximate surface area is 171 Å². The number of aromatic nitrogens is 2. The monoisotopic (exact) mass is 418 g/mol. The van der Waals surface area contributed by atoms with E-state index in [0.29, 0.717) is 6.42 Å². The molecule has 0 saturated carbocycles. The molecule has 0 aliphatic carbocycles. The van der Waals surface area contributed by atoms with E-state index in [4.69, 9.17) is 0 Å². The van der Waals surface area contributed by atoms with Crippen molar-refractivity contribution in [3.8, 4) is 0 Å². The number of hydrogen-bond donors (Lipinski definition) is 2. The summed E-state index contributed by atoms with van der Waals surface area (Å²) in [6.45, 7) is 1.80. The van der Waals surface area contributed by atoms with Gasteiger partial charge in [-0.3, -0.25) is 9.59 Å². The second kappa shape index (κ2) is 8.56. The Balaban J connectivity index is 1.60. The highest BCUT2D eigenvalue weighted by Crippen LogP contribution is 2.31. The molecule has 2 amide bonds. The van der Waals surface area contributed by atoms with E-state index in [1.807, 2.05) is 30.3 Å². The first-order valence-electron chi connectivity index (χ1n) is 9.34. The van der Waals surface area contributed by atoms with Gasteiger partial charge in [-0.1, -0.05) is 30.3 Å². The Hall–Kier alpha value is -3.36. The highest BCUT2D eigenvalue weighted by atomic mass is 19.4. The van der Waals surface area contributed by atoms with Crippen molar-refractivity contribution in [2.75, 3.05) is 5.32 Å². The third-order valence-electron chi connectivity index (χ3n) is 4.68. The predicted octanol–water partition coefficient (Wildman–Crippen LogP) is 3.67. The standard InChI is InChI=1S/C21H21F3N4O2/c1-13(8-9-14-6-4-3-5-7-14)25-18(29)19(30)26-15-10-11-17-16(12-15)27-20(28(17)2)21(22,23)24/h3-7,10-13H,8-9H2,1-2H3,(H,25,29)(H,26,30). The van der Waals surface area contributed by atoms with Gasteiger partial charge in [0.1, 0.15) is 0 Å². The third kappa shape index (κ3) is 4.97. The minimum atomic E-state index is -4.59. The van der Waals surface area contributed by atoms with E-state index >= 15 is 0 Å². The number of halogens is 3. The molecule has 1 unspecified atom stereocenters. The van der Waals surface area contributed by atoms with E-state index in [9.17, 15) is 22.8 Å². The van der Waals surface area contributed by atoms with E-state index in [1.54, 1.807) is 6.92 Å². The lowest BCUT2D eigenvalue weighted by Crippen LogP contribution is -2.40. The van der Waals surface area contributed by atoms with Crippen LogP contribution in [0.4, 0.5) is 18.9 Å². The summed E-state index contributed by atoms with van der Waals surface area (Å²) >= 11 is 0. The summed E-state index contributed by atoms with van der Waals surface area (Å²) in [6.07, 6.45) is -3.18. The third-order valence-corrected chi connectivity index (χ3v) is 4.68. The van der Waals surface area contributed by atoms with Gasteiger partial charge >= 0.3 is 18.0 Å². The molecule has 6 nitrogen and oxygen atoms in total. The van der Waals surface area contributed by atoms with E-state index in [0.717, 1.165) is 16.6 Å². The second-order valence-corrected chi connectivity index (χ2v) is 7.05. The number of alkyl halides is 3. The van der Waals surface area contributed by atoms with Gasteiger partial charge in [-0.25, -0.2) is 4.98 Å². The molecule has 0 aliphatic heterocycles.